The van der Waals surface area contributed by atoms with Crippen LogP contribution in [0.4, 0.5) is 5.13 Å². The Kier molecular flexibility index (Phi) is 6.35. The van der Waals surface area contributed by atoms with E-state index in [0.29, 0.717) is 33.6 Å². The third-order valence-electron chi connectivity index (χ3n) is 6.06. The molecular weight excluding hydrogens is 474 g/mol. The van der Waals surface area contributed by atoms with Crippen molar-refractivity contribution in [2.45, 2.75) is 26.5 Å². The summed E-state index contributed by atoms with van der Waals surface area (Å²) in [5.41, 5.74) is 3.32. The van der Waals surface area contributed by atoms with E-state index in [0.717, 1.165) is 11.1 Å². The number of carbonyl (C=O) groups is 2. The summed E-state index contributed by atoms with van der Waals surface area (Å²) in [7, 11) is 0. The van der Waals surface area contributed by atoms with Crippen LogP contribution in [-0.2, 0) is 16.2 Å². The molecule has 2 heterocycles. The van der Waals surface area contributed by atoms with E-state index in [1.54, 1.807) is 31.2 Å². The van der Waals surface area contributed by atoms with E-state index < -0.39 is 17.7 Å². The van der Waals surface area contributed by atoms with Crippen LogP contribution in [-0.4, -0.2) is 27.0 Å². The number of benzene rings is 3. The van der Waals surface area contributed by atoms with Crippen LogP contribution in [0.3, 0.4) is 0 Å². The third kappa shape index (κ3) is 4.38. The lowest BCUT2D eigenvalue weighted by molar-refractivity contribution is -0.132. The van der Waals surface area contributed by atoms with Gasteiger partial charge in [-0.05, 0) is 54.8 Å². The Morgan fingerprint density at radius 3 is 2.31 bits per heavy atom. The van der Waals surface area contributed by atoms with Crippen LogP contribution in [0.5, 0.6) is 5.75 Å². The summed E-state index contributed by atoms with van der Waals surface area (Å²) in [6.07, 6.45) is 0. The van der Waals surface area contributed by atoms with Crippen molar-refractivity contribution in [3.63, 3.8) is 0 Å². The zero-order valence-electron chi connectivity index (χ0n) is 19.7. The Labute approximate surface area is 212 Å². The number of aromatic nitrogens is 2. The summed E-state index contributed by atoms with van der Waals surface area (Å²) in [5.74, 6) is -1.15. The van der Waals surface area contributed by atoms with Crippen molar-refractivity contribution in [3.8, 4) is 5.75 Å². The number of aryl methyl sites for hydroxylation is 2. The molecule has 0 radical (unpaired) electrons. The van der Waals surface area contributed by atoms with Gasteiger partial charge in [-0.15, -0.1) is 10.2 Å². The Morgan fingerprint density at radius 1 is 0.944 bits per heavy atom. The number of hydrogen-bond acceptors (Lipinski definition) is 7. The molecule has 0 aliphatic carbocycles. The van der Waals surface area contributed by atoms with Crippen molar-refractivity contribution in [2.75, 3.05) is 4.90 Å². The summed E-state index contributed by atoms with van der Waals surface area (Å²) >= 11 is 1.22. The summed E-state index contributed by atoms with van der Waals surface area (Å²) in [5, 5.41) is 20.3. The van der Waals surface area contributed by atoms with E-state index >= 15 is 0 Å². The van der Waals surface area contributed by atoms with E-state index in [1.807, 2.05) is 61.5 Å². The van der Waals surface area contributed by atoms with Gasteiger partial charge in [0, 0.05) is 5.56 Å². The zero-order valence-corrected chi connectivity index (χ0v) is 20.5. The minimum Gasteiger partial charge on any atom is -0.507 e. The molecular formula is C28H23N3O4S. The Balaban J connectivity index is 1.49. The Morgan fingerprint density at radius 2 is 1.64 bits per heavy atom. The van der Waals surface area contributed by atoms with Gasteiger partial charge in [0.05, 0.1) is 11.6 Å². The molecule has 0 bridgehead atoms. The van der Waals surface area contributed by atoms with Crippen LogP contribution < -0.4 is 9.64 Å². The lowest BCUT2D eigenvalue weighted by Gasteiger charge is -2.22. The molecule has 1 aromatic heterocycles. The van der Waals surface area contributed by atoms with E-state index in [1.165, 1.54) is 16.2 Å². The molecule has 7 nitrogen and oxygen atoms in total. The first-order valence-electron chi connectivity index (χ1n) is 11.4. The van der Waals surface area contributed by atoms with Gasteiger partial charge in [0.1, 0.15) is 23.1 Å². The smallest absolute Gasteiger partial charge is 0.301 e. The highest BCUT2D eigenvalue weighted by molar-refractivity contribution is 7.15. The molecule has 8 heteroatoms. The van der Waals surface area contributed by atoms with Gasteiger partial charge in [0.25, 0.3) is 5.78 Å². The predicted octanol–water partition coefficient (Wildman–Crippen LogP) is 5.36. The van der Waals surface area contributed by atoms with Crippen LogP contribution in [0, 0.1) is 13.8 Å². The number of carbonyl (C=O) groups excluding carboxylic acids is 2. The van der Waals surface area contributed by atoms with Gasteiger partial charge in [-0.1, -0.05) is 65.9 Å². The molecule has 1 aliphatic rings. The van der Waals surface area contributed by atoms with Crippen molar-refractivity contribution in [1.29, 1.82) is 0 Å². The lowest BCUT2D eigenvalue weighted by Crippen LogP contribution is -2.29. The van der Waals surface area contributed by atoms with Crippen molar-refractivity contribution >= 4 is 33.9 Å². The fourth-order valence-corrected chi connectivity index (χ4v) is 4.88. The molecule has 1 N–H and O–H groups in total. The molecule has 0 spiro atoms. The number of aliphatic hydroxyl groups excluding tert-OH is 1. The molecule has 1 fully saturated rings. The number of Topliss-reactive ketones (excluding diaryl/α,β-unsaturated/α-hetero) is 1. The quantitative estimate of drug-likeness (QED) is 0.219. The topological polar surface area (TPSA) is 92.6 Å². The molecule has 1 unspecified atom stereocenters. The maximum Gasteiger partial charge on any atom is 0.301 e. The van der Waals surface area contributed by atoms with Crippen molar-refractivity contribution in [2.24, 2.45) is 0 Å². The number of nitrogens with zero attached hydrogens (tertiary/aromatic N) is 3. The molecule has 1 saturated heterocycles. The van der Waals surface area contributed by atoms with Crippen molar-refractivity contribution < 1.29 is 19.4 Å². The monoisotopic (exact) mass is 497 g/mol. The van der Waals surface area contributed by atoms with E-state index in [9.17, 15) is 14.7 Å². The molecule has 4 aromatic rings. The Hall–Kier alpha value is -4.30. The molecule has 36 heavy (non-hydrogen) atoms. The molecule has 1 aliphatic heterocycles. The minimum atomic E-state index is -0.824. The summed E-state index contributed by atoms with van der Waals surface area (Å²) in [6.45, 7) is 4.22. The van der Waals surface area contributed by atoms with Gasteiger partial charge < -0.3 is 9.84 Å². The highest BCUT2D eigenvalue weighted by Crippen LogP contribution is 2.42. The second kappa shape index (κ2) is 9.75. The lowest BCUT2D eigenvalue weighted by atomic mass is 9.95. The molecule has 3 aromatic carbocycles. The van der Waals surface area contributed by atoms with Crippen LogP contribution in [0.15, 0.2) is 84.4 Å². The molecule has 0 saturated carbocycles. The summed E-state index contributed by atoms with van der Waals surface area (Å²) in [4.78, 5) is 27.6. The standard InChI is InChI=1S/C28H23N3O4S/c1-17-8-6-7-11-21(17)16-35-22-14-12-20(13-15-22)25(32)23-24(19-9-4-3-5-10-19)31(27(34)26(23)33)28-30-29-18(2)36-28/h3-15,24,32H,16H2,1-2H3. The number of ether oxygens (including phenoxy) is 1. The number of amides is 1. The number of aliphatic hydroxyl groups is 1. The fourth-order valence-electron chi connectivity index (χ4n) is 4.16. The average Bonchev–Trinajstić information content (AvgIpc) is 3.44. The van der Waals surface area contributed by atoms with Crippen molar-refractivity contribution in [3.05, 3.63) is 112 Å². The average molecular weight is 498 g/mol. The predicted molar refractivity (Wildman–Crippen MR) is 138 cm³/mol. The van der Waals surface area contributed by atoms with E-state index in [2.05, 4.69) is 10.2 Å². The normalized spacial score (nSPS) is 16.9. The van der Waals surface area contributed by atoms with E-state index in [-0.39, 0.29) is 11.3 Å². The number of anilines is 1. The van der Waals surface area contributed by atoms with Crippen LogP contribution in [0.25, 0.3) is 5.76 Å². The second-order valence-electron chi connectivity index (χ2n) is 8.42. The summed E-state index contributed by atoms with van der Waals surface area (Å²) < 4.78 is 5.90. The third-order valence-corrected chi connectivity index (χ3v) is 6.90. The van der Waals surface area contributed by atoms with Gasteiger partial charge in [0.2, 0.25) is 5.13 Å². The summed E-state index contributed by atoms with van der Waals surface area (Å²) in [6, 6.07) is 23.1. The highest BCUT2D eigenvalue weighted by Gasteiger charge is 2.48. The maximum atomic E-state index is 13.2. The first-order valence-corrected chi connectivity index (χ1v) is 12.2. The molecule has 180 valence electrons. The van der Waals surface area contributed by atoms with Gasteiger partial charge in [-0.2, -0.15) is 0 Å². The van der Waals surface area contributed by atoms with Gasteiger partial charge in [-0.25, -0.2) is 0 Å². The second-order valence-corrected chi connectivity index (χ2v) is 9.58. The first-order chi connectivity index (χ1) is 17.4. The molecule has 1 atom stereocenters. The van der Waals surface area contributed by atoms with Gasteiger partial charge in [-0.3, -0.25) is 14.5 Å². The van der Waals surface area contributed by atoms with Crippen molar-refractivity contribution in [1.82, 2.24) is 10.2 Å². The largest absolute Gasteiger partial charge is 0.507 e. The van der Waals surface area contributed by atoms with Gasteiger partial charge in [0.15, 0.2) is 0 Å². The first kappa shape index (κ1) is 23.4. The zero-order chi connectivity index (χ0) is 25.2. The maximum absolute atomic E-state index is 13.2. The Bertz CT molecular complexity index is 1460. The molecule has 1 amide bonds. The van der Waals surface area contributed by atoms with E-state index in [4.69, 9.17) is 4.74 Å². The minimum absolute atomic E-state index is 0.00707. The van der Waals surface area contributed by atoms with Crippen LogP contribution in [0.1, 0.15) is 33.3 Å². The highest BCUT2D eigenvalue weighted by atomic mass is 32.1. The number of hydrogen-bond donors (Lipinski definition) is 1. The fraction of sp³-hybridized carbons (Fsp3) is 0.143. The number of rotatable bonds is 6. The van der Waals surface area contributed by atoms with Crippen LogP contribution in [0.2, 0.25) is 0 Å². The number of ketones is 1. The molecule has 5 rings (SSSR count). The van der Waals surface area contributed by atoms with Gasteiger partial charge >= 0.3 is 5.91 Å². The van der Waals surface area contributed by atoms with Crippen LogP contribution >= 0.6 is 11.3 Å². The SMILES string of the molecule is Cc1nnc(N2C(=O)C(=O)C(=C(O)c3ccc(OCc4ccccc4C)cc3)C2c2ccccc2)s1.